The first-order valence-electron chi connectivity index (χ1n) is 11.5. The number of hydrogen-bond acceptors (Lipinski definition) is 3. The van der Waals surface area contributed by atoms with E-state index < -0.39 is 11.5 Å². The molecule has 3 aromatic rings. The Balaban J connectivity index is 1.51. The summed E-state index contributed by atoms with van der Waals surface area (Å²) in [6.45, 7) is 0. The molecule has 0 amide bonds. The number of halogens is 1. The number of ether oxygens (including phenoxy) is 1. The van der Waals surface area contributed by atoms with Crippen LogP contribution in [0.5, 0.6) is 5.75 Å². The number of nitrogens with one attached hydrogen (secondary N) is 1. The SMILES string of the molecule is COc1cccc([C@@H]2Cc3ccccc3C23CCC(Nc2cccc(Br)c2)(C(=O)O)CC3)c1. The molecule has 4 nitrogen and oxygen atoms in total. The zero-order chi connectivity index (χ0) is 23.1. The van der Waals surface area contributed by atoms with Crippen molar-refractivity contribution in [3.8, 4) is 5.75 Å². The van der Waals surface area contributed by atoms with E-state index in [9.17, 15) is 9.90 Å². The molecule has 1 saturated carbocycles. The molecule has 3 aromatic carbocycles. The number of methoxy groups -OCH3 is 1. The zero-order valence-corrected chi connectivity index (χ0v) is 20.3. The molecule has 5 rings (SSSR count). The van der Waals surface area contributed by atoms with Gasteiger partial charge in [-0.2, -0.15) is 0 Å². The maximum absolute atomic E-state index is 12.6. The van der Waals surface area contributed by atoms with Crippen LogP contribution in [0.15, 0.2) is 77.3 Å². The maximum Gasteiger partial charge on any atom is 0.329 e. The van der Waals surface area contributed by atoms with Gasteiger partial charge >= 0.3 is 5.97 Å². The molecule has 2 aliphatic carbocycles. The minimum atomic E-state index is -0.970. The fourth-order valence-corrected chi connectivity index (χ4v) is 6.46. The lowest BCUT2D eigenvalue weighted by molar-refractivity contribution is -0.144. The Kier molecular flexibility index (Phi) is 5.69. The Labute approximate surface area is 203 Å². The van der Waals surface area contributed by atoms with Crippen LogP contribution in [0.25, 0.3) is 0 Å². The van der Waals surface area contributed by atoms with Crippen LogP contribution in [0.4, 0.5) is 5.69 Å². The van der Waals surface area contributed by atoms with Gasteiger partial charge in [0.05, 0.1) is 7.11 Å². The lowest BCUT2D eigenvalue weighted by Gasteiger charge is -2.47. The van der Waals surface area contributed by atoms with Gasteiger partial charge in [-0.1, -0.05) is 58.4 Å². The fourth-order valence-electron chi connectivity index (χ4n) is 6.06. The number of anilines is 1. The van der Waals surface area contributed by atoms with E-state index in [1.54, 1.807) is 7.11 Å². The minimum Gasteiger partial charge on any atom is -0.497 e. The molecule has 170 valence electrons. The van der Waals surface area contributed by atoms with Crippen molar-refractivity contribution in [2.24, 2.45) is 0 Å². The lowest BCUT2D eigenvalue weighted by Crippen LogP contribution is -2.52. The summed E-state index contributed by atoms with van der Waals surface area (Å²) in [4.78, 5) is 12.6. The van der Waals surface area contributed by atoms with E-state index in [0.717, 1.165) is 35.2 Å². The first-order valence-corrected chi connectivity index (χ1v) is 12.2. The third kappa shape index (κ3) is 3.82. The van der Waals surface area contributed by atoms with Gasteiger partial charge in [-0.05, 0) is 85.0 Å². The molecule has 0 unspecified atom stereocenters. The Morgan fingerprint density at radius 3 is 2.48 bits per heavy atom. The predicted molar refractivity (Wildman–Crippen MR) is 134 cm³/mol. The summed E-state index contributed by atoms with van der Waals surface area (Å²) in [7, 11) is 1.70. The molecule has 2 N–H and O–H groups in total. The van der Waals surface area contributed by atoms with Gasteiger partial charge in [-0.25, -0.2) is 4.79 Å². The molecule has 0 heterocycles. The second-order valence-electron chi connectivity index (χ2n) is 9.37. The largest absolute Gasteiger partial charge is 0.497 e. The second-order valence-corrected chi connectivity index (χ2v) is 10.3. The van der Waals surface area contributed by atoms with Gasteiger partial charge in [0.25, 0.3) is 0 Å². The second kappa shape index (κ2) is 8.53. The summed E-state index contributed by atoms with van der Waals surface area (Å²) in [6.07, 6.45) is 3.76. The van der Waals surface area contributed by atoms with Crippen molar-refractivity contribution < 1.29 is 14.6 Å². The fraction of sp³-hybridized carbons (Fsp3) is 0.321. The smallest absolute Gasteiger partial charge is 0.329 e. The van der Waals surface area contributed by atoms with Gasteiger partial charge in [0.2, 0.25) is 0 Å². The highest BCUT2D eigenvalue weighted by molar-refractivity contribution is 9.10. The molecular weight excluding hydrogens is 478 g/mol. The third-order valence-corrected chi connectivity index (χ3v) is 8.25. The number of benzene rings is 3. The van der Waals surface area contributed by atoms with Gasteiger partial charge in [0, 0.05) is 15.6 Å². The third-order valence-electron chi connectivity index (χ3n) is 7.75. The molecule has 33 heavy (non-hydrogen) atoms. The Morgan fingerprint density at radius 1 is 1.00 bits per heavy atom. The van der Waals surface area contributed by atoms with E-state index in [1.165, 1.54) is 16.7 Å². The van der Waals surface area contributed by atoms with E-state index in [1.807, 2.05) is 30.3 Å². The van der Waals surface area contributed by atoms with Crippen molar-refractivity contribution in [1.29, 1.82) is 0 Å². The highest BCUT2D eigenvalue weighted by atomic mass is 79.9. The molecule has 1 fully saturated rings. The molecule has 5 heteroatoms. The molecule has 0 aliphatic heterocycles. The summed E-state index contributed by atoms with van der Waals surface area (Å²) in [5.74, 6) is 0.398. The van der Waals surface area contributed by atoms with E-state index in [-0.39, 0.29) is 5.41 Å². The molecule has 2 aliphatic rings. The van der Waals surface area contributed by atoms with Crippen molar-refractivity contribution in [3.05, 3.63) is 94.0 Å². The number of fused-ring (bicyclic) bond motifs is 2. The Hall–Kier alpha value is -2.79. The molecule has 1 spiro atoms. The van der Waals surface area contributed by atoms with Crippen molar-refractivity contribution in [2.45, 2.75) is 49.0 Å². The summed E-state index contributed by atoms with van der Waals surface area (Å²) in [5.41, 5.74) is 3.84. The van der Waals surface area contributed by atoms with Crippen LogP contribution in [0.3, 0.4) is 0 Å². The number of hydrogen-bond donors (Lipinski definition) is 2. The molecular formula is C28H28BrNO3. The van der Waals surface area contributed by atoms with Gasteiger partial charge in [0.1, 0.15) is 11.3 Å². The molecule has 0 saturated heterocycles. The van der Waals surface area contributed by atoms with Crippen molar-refractivity contribution in [1.82, 2.24) is 0 Å². The minimum absolute atomic E-state index is 0.0686. The first kappa shape index (κ1) is 22.0. The summed E-state index contributed by atoms with van der Waals surface area (Å²) >= 11 is 3.50. The van der Waals surface area contributed by atoms with Crippen LogP contribution in [0.2, 0.25) is 0 Å². The van der Waals surface area contributed by atoms with E-state index in [4.69, 9.17) is 4.74 Å². The summed E-state index contributed by atoms with van der Waals surface area (Å²) in [5, 5.41) is 13.7. The van der Waals surface area contributed by atoms with Gasteiger partial charge < -0.3 is 15.2 Å². The van der Waals surface area contributed by atoms with Gasteiger partial charge in [0.15, 0.2) is 0 Å². The average Bonchev–Trinajstić information content (AvgIpc) is 3.15. The molecule has 1 atom stereocenters. The average molecular weight is 506 g/mol. The molecule has 0 bridgehead atoms. The Morgan fingerprint density at radius 2 is 1.76 bits per heavy atom. The number of rotatable bonds is 5. The number of carbonyl (C=O) groups is 1. The van der Waals surface area contributed by atoms with E-state index in [2.05, 4.69) is 63.7 Å². The molecule has 0 radical (unpaired) electrons. The van der Waals surface area contributed by atoms with Crippen LogP contribution < -0.4 is 10.1 Å². The molecule has 0 aromatic heterocycles. The Bertz CT molecular complexity index is 1180. The predicted octanol–water partition coefficient (Wildman–Crippen LogP) is 6.54. The van der Waals surface area contributed by atoms with Crippen LogP contribution in [-0.2, 0) is 16.6 Å². The van der Waals surface area contributed by atoms with Crippen LogP contribution >= 0.6 is 15.9 Å². The van der Waals surface area contributed by atoms with Gasteiger partial charge in [-0.15, -0.1) is 0 Å². The topological polar surface area (TPSA) is 58.6 Å². The van der Waals surface area contributed by atoms with Crippen molar-refractivity contribution in [3.63, 3.8) is 0 Å². The monoisotopic (exact) mass is 505 g/mol. The van der Waals surface area contributed by atoms with Crippen LogP contribution in [0.1, 0.15) is 48.3 Å². The van der Waals surface area contributed by atoms with Crippen LogP contribution in [-0.4, -0.2) is 23.7 Å². The normalized spacial score (nSPS) is 26.1. The standard InChI is InChI=1S/C28H28BrNO3/c1-33-23-10-4-7-19(16-23)25-17-20-6-2-3-11-24(20)27(25)12-14-28(15-13-27,26(31)32)30-22-9-5-8-21(29)18-22/h2-11,16,18,25,30H,12-15,17H2,1H3,(H,31,32)/t25-,27?,28?/m0/s1. The number of carboxylic acids is 1. The van der Waals surface area contributed by atoms with Crippen LogP contribution in [0, 0.1) is 0 Å². The summed E-state index contributed by atoms with van der Waals surface area (Å²) < 4.78 is 6.45. The van der Waals surface area contributed by atoms with E-state index in [0.29, 0.717) is 18.8 Å². The number of carboxylic acid groups (broad SMARTS) is 1. The van der Waals surface area contributed by atoms with E-state index >= 15 is 0 Å². The zero-order valence-electron chi connectivity index (χ0n) is 18.7. The maximum atomic E-state index is 12.6. The first-order chi connectivity index (χ1) is 16.0. The number of aliphatic carboxylic acids is 1. The lowest BCUT2D eigenvalue weighted by atomic mass is 9.59. The van der Waals surface area contributed by atoms with Crippen molar-refractivity contribution >= 4 is 27.6 Å². The quantitative estimate of drug-likeness (QED) is 0.412. The highest BCUT2D eigenvalue weighted by Crippen LogP contribution is 2.58. The van der Waals surface area contributed by atoms with Gasteiger partial charge in [-0.3, -0.25) is 0 Å². The summed E-state index contributed by atoms with van der Waals surface area (Å²) in [6, 6.07) is 24.9. The highest BCUT2D eigenvalue weighted by Gasteiger charge is 2.54. The van der Waals surface area contributed by atoms with Crippen molar-refractivity contribution in [2.75, 3.05) is 12.4 Å².